The van der Waals surface area contributed by atoms with E-state index in [1.54, 1.807) is 6.33 Å². The lowest BCUT2D eigenvalue weighted by molar-refractivity contribution is 0.0575. The maximum atomic E-state index is 9.91. The van der Waals surface area contributed by atoms with Crippen molar-refractivity contribution < 1.29 is 9.26 Å². The Kier molecular flexibility index (Phi) is 5.39. The second kappa shape index (κ2) is 8.13. The van der Waals surface area contributed by atoms with E-state index in [9.17, 15) is 5.26 Å². The van der Waals surface area contributed by atoms with Crippen LogP contribution in [0.1, 0.15) is 42.2 Å². The summed E-state index contributed by atoms with van der Waals surface area (Å²) < 4.78 is 13.4. The third kappa shape index (κ3) is 3.85. The van der Waals surface area contributed by atoms with Crippen LogP contribution in [0, 0.1) is 23.7 Å². The monoisotopic (exact) mass is 400 g/mol. The van der Waals surface area contributed by atoms with E-state index in [1.807, 2.05) is 68.1 Å². The van der Waals surface area contributed by atoms with Gasteiger partial charge in [0, 0.05) is 13.1 Å². The summed E-state index contributed by atoms with van der Waals surface area (Å²) in [7, 11) is 1.95. The molecule has 30 heavy (non-hydrogen) atoms. The molecule has 6 nitrogen and oxygen atoms in total. The van der Waals surface area contributed by atoms with Crippen molar-refractivity contribution in [3.8, 4) is 6.07 Å². The molecule has 152 valence electrons. The van der Waals surface area contributed by atoms with Crippen molar-refractivity contribution in [2.45, 2.75) is 33.0 Å². The zero-order valence-corrected chi connectivity index (χ0v) is 17.4. The summed E-state index contributed by atoms with van der Waals surface area (Å²) >= 11 is 0. The molecule has 0 N–H and O–H groups in total. The number of nitrogens with zero attached hydrogens (tertiary/aromatic N) is 4. The first-order valence-electron chi connectivity index (χ1n) is 9.89. The topological polar surface area (TPSA) is 76.9 Å². The molecule has 1 aliphatic rings. The number of hydrogen-bond acceptors (Lipinski definition) is 5. The highest BCUT2D eigenvalue weighted by atomic mass is 16.5. The molecule has 0 fully saturated rings. The molecule has 2 aromatic heterocycles. The lowest BCUT2D eigenvalue weighted by Crippen LogP contribution is -2.21. The number of aryl methyl sites for hydroxylation is 2. The van der Waals surface area contributed by atoms with Crippen molar-refractivity contribution in [2.75, 3.05) is 0 Å². The van der Waals surface area contributed by atoms with Gasteiger partial charge in [0.2, 0.25) is 0 Å². The highest BCUT2D eigenvalue weighted by Gasteiger charge is 2.34. The van der Waals surface area contributed by atoms with E-state index in [0.717, 1.165) is 33.9 Å². The molecule has 0 radical (unpaired) electrons. The Balaban J connectivity index is 1.72. The Morgan fingerprint density at radius 2 is 2.13 bits per heavy atom. The second-order valence-corrected chi connectivity index (χ2v) is 7.83. The highest BCUT2D eigenvalue weighted by molar-refractivity contribution is 5.76. The molecule has 0 spiro atoms. The fourth-order valence-corrected chi connectivity index (χ4v) is 3.75. The van der Waals surface area contributed by atoms with E-state index >= 15 is 0 Å². The van der Waals surface area contributed by atoms with Crippen LogP contribution in [0.5, 0.6) is 0 Å². The SMILES string of the molecule is Cc1cc(COC(C2=CCC(C)(C#N)C(c3ccccc3)=C2)c2cncn2C)no1. The summed E-state index contributed by atoms with van der Waals surface area (Å²) in [6.45, 7) is 4.15. The van der Waals surface area contributed by atoms with Gasteiger partial charge in [-0.3, -0.25) is 0 Å². The molecule has 4 rings (SSSR count). The van der Waals surface area contributed by atoms with Gasteiger partial charge in [-0.05, 0) is 37.0 Å². The van der Waals surface area contributed by atoms with Crippen molar-refractivity contribution in [3.05, 3.63) is 89.4 Å². The molecule has 2 unspecified atom stereocenters. The van der Waals surface area contributed by atoms with Gasteiger partial charge in [0.15, 0.2) is 0 Å². The van der Waals surface area contributed by atoms with Crippen LogP contribution in [0.4, 0.5) is 0 Å². The van der Waals surface area contributed by atoms with E-state index in [-0.39, 0.29) is 6.10 Å². The molecular weight excluding hydrogens is 376 g/mol. The number of hydrogen-bond donors (Lipinski definition) is 0. The molecule has 2 heterocycles. The molecule has 0 amide bonds. The first-order valence-corrected chi connectivity index (χ1v) is 9.89. The minimum Gasteiger partial charge on any atom is -0.361 e. The molecule has 1 aromatic carbocycles. The number of rotatable bonds is 6. The van der Waals surface area contributed by atoms with Crippen LogP contribution >= 0.6 is 0 Å². The van der Waals surface area contributed by atoms with Gasteiger partial charge in [-0.1, -0.05) is 47.6 Å². The van der Waals surface area contributed by atoms with Crippen molar-refractivity contribution >= 4 is 5.57 Å². The second-order valence-electron chi connectivity index (χ2n) is 7.83. The maximum Gasteiger partial charge on any atom is 0.134 e. The van der Waals surface area contributed by atoms with Crippen molar-refractivity contribution in [1.82, 2.24) is 14.7 Å². The van der Waals surface area contributed by atoms with Crippen LogP contribution in [0.2, 0.25) is 0 Å². The lowest BCUT2D eigenvalue weighted by Gasteiger charge is -2.31. The average Bonchev–Trinajstić information content (AvgIpc) is 3.38. The smallest absolute Gasteiger partial charge is 0.134 e. The molecule has 3 aromatic rings. The minimum absolute atomic E-state index is 0.314. The molecule has 0 saturated carbocycles. The summed E-state index contributed by atoms with van der Waals surface area (Å²) in [6.07, 6.45) is 8.04. The Labute approximate surface area is 176 Å². The molecular formula is C24H24N4O2. The first kappa shape index (κ1) is 19.9. The summed E-state index contributed by atoms with van der Waals surface area (Å²) in [5.74, 6) is 0.749. The summed E-state index contributed by atoms with van der Waals surface area (Å²) in [6, 6.07) is 14.4. The molecule has 0 bridgehead atoms. The quantitative estimate of drug-likeness (QED) is 0.587. The van der Waals surface area contributed by atoms with Crippen LogP contribution < -0.4 is 0 Å². The summed E-state index contributed by atoms with van der Waals surface area (Å²) in [4.78, 5) is 4.27. The van der Waals surface area contributed by atoms with Gasteiger partial charge in [0.05, 0.1) is 36.3 Å². The van der Waals surface area contributed by atoms with Crippen LogP contribution in [0.3, 0.4) is 0 Å². The molecule has 1 aliphatic carbocycles. The zero-order valence-electron chi connectivity index (χ0n) is 17.4. The first-order chi connectivity index (χ1) is 14.5. The maximum absolute atomic E-state index is 9.91. The van der Waals surface area contributed by atoms with Gasteiger partial charge in [0.1, 0.15) is 17.6 Å². The zero-order chi connectivity index (χ0) is 21.1. The highest BCUT2D eigenvalue weighted by Crippen LogP contribution is 2.44. The van der Waals surface area contributed by atoms with Gasteiger partial charge in [-0.15, -0.1) is 0 Å². The number of ether oxygens (including phenoxy) is 1. The predicted molar refractivity (Wildman–Crippen MR) is 113 cm³/mol. The molecule has 2 atom stereocenters. The van der Waals surface area contributed by atoms with Crippen LogP contribution in [0.25, 0.3) is 5.57 Å². The number of imidazole rings is 1. The van der Waals surface area contributed by atoms with Crippen molar-refractivity contribution in [3.63, 3.8) is 0 Å². The van der Waals surface area contributed by atoms with E-state index in [1.165, 1.54) is 0 Å². The Morgan fingerprint density at radius 1 is 1.33 bits per heavy atom. The third-order valence-electron chi connectivity index (χ3n) is 5.48. The van der Waals surface area contributed by atoms with E-state index in [2.05, 4.69) is 28.4 Å². The Hall–Kier alpha value is -3.43. The van der Waals surface area contributed by atoms with E-state index in [0.29, 0.717) is 13.0 Å². The fraction of sp³-hybridized carbons (Fsp3) is 0.292. The van der Waals surface area contributed by atoms with Gasteiger partial charge in [0.25, 0.3) is 0 Å². The van der Waals surface area contributed by atoms with Crippen LogP contribution in [0.15, 0.2) is 71.2 Å². The van der Waals surface area contributed by atoms with Gasteiger partial charge in [-0.2, -0.15) is 5.26 Å². The Morgan fingerprint density at radius 3 is 2.77 bits per heavy atom. The van der Waals surface area contributed by atoms with Gasteiger partial charge >= 0.3 is 0 Å². The summed E-state index contributed by atoms with van der Waals surface area (Å²) in [5, 5.41) is 13.9. The third-order valence-corrected chi connectivity index (χ3v) is 5.48. The van der Waals surface area contributed by atoms with E-state index in [4.69, 9.17) is 9.26 Å². The normalized spacial score (nSPS) is 19.7. The molecule has 6 heteroatoms. The van der Waals surface area contributed by atoms with Crippen LogP contribution in [-0.2, 0) is 18.4 Å². The van der Waals surface area contributed by atoms with Crippen LogP contribution in [-0.4, -0.2) is 14.7 Å². The van der Waals surface area contributed by atoms with Gasteiger partial charge in [-0.25, -0.2) is 4.98 Å². The van der Waals surface area contributed by atoms with E-state index < -0.39 is 5.41 Å². The fourth-order valence-electron chi connectivity index (χ4n) is 3.75. The number of benzene rings is 1. The number of nitriles is 1. The molecule has 0 saturated heterocycles. The number of allylic oxidation sites excluding steroid dienone is 2. The number of aromatic nitrogens is 3. The lowest BCUT2D eigenvalue weighted by atomic mass is 9.72. The summed E-state index contributed by atoms with van der Waals surface area (Å²) in [5.41, 5.74) is 4.13. The van der Waals surface area contributed by atoms with Crippen molar-refractivity contribution in [2.24, 2.45) is 12.5 Å². The molecule has 0 aliphatic heterocycles. The minimum atomic E-state index is -0.592. The standard InChI is InChI=1S/C24H24N4O2/c1-17-11-20(27-30-17)14-29-23(22-13-26-16-28(22)3)19-9-10-24(2,15-25)21(12-19)18-7-5-4-6-8-18/h4-9,11-13,16,23H,10,14H2,1-3H3. The average molecular weight is 400 g/mol. The van der Waals surface area contributed by atoms with Crippen molar-refractivity contribution in [1.29, 1.82) is 5.26 Å². The van der Waals surface area contributed by atoms with Gasteiger partial charge < -0.3 is 13.8 Å². The predicted octanol–water partition coefficient (Wildman–Crippen LogP) is 4.92. The largest absolute Gasteiger partial charge is 0.361 e. The Bertz CT molecular complexity index is 1130.